The molecular weight excluding hydrogens is 600 g/mol. The summed E-state index contributed by atoms with van der Waals surface area (Å²) in [5.41, 5.74) is -0.935. The normalized spacial score (nSPS) is 14.8. The molecule has 1 heterocycles. The van der Waals surface area contributed by atoms with Crippen molar-refractivity contribution in [2.24, 2.45) is 0 Å². The summed E-state index contributed by atoms with van der Waals surface area (Å²) < 4.78 is 95.2. The number of carbonyl (C=O) groups is 1. The number of benzene rings is 3. The van der Waals surface area contributed by atoms with Crippen molar-refractivity contribution < 1.29 is 34.8 Å². The molecule has 1 aliphatic rings. The summed E-state index contributed by atoms with van der Waals surface area (Å²) in [6.07, 6.45) is 1.02. The molecule has 0 unspecified atom stereocenters. The zero-order valence-electron chi connectivity index (χ0n) is 21.9. The average Bonchev–Trinajstić information content (AvgIpc) is 3.21. The van der Waals surface area contributed by atoms with Crippen LogP contribution in [0, 0.1) is 0 Å². The zero-order chi connectivity index (χ0) is 29.8. The Balaban J connectivity index is 1.52. The molecule has 41 heavy (non-hydrogen) atoms. The fraction of sp³-hybridized carbons (Fsp3) is 0.296. The number of rotatable bonds is 8. The minimum absolute atomic E-state index is 0.0531. The predicted molar refractivity (Wildman–Crippen MR) is 152 cm³/mol. The van der Waals surface area contributed by atoms with Crippen LogP contribution in [0.4, 0.5) is 24.5 Å². The number of hydrogen-bond donors (Lipinski definition) is 2. The van der Waals surface area contributed by atoms with E-state index in [9.17, 15) is 34.8 Å². The number of hydrogen-bond acceptors (Lipinski definition) is 6. The molecule has 1 fully saturated rings. The summed E-state index contributed by atoms with van der Waals surface area (Å²) in [6, 6.07) is 12.8. The maximum atomic E-state index is 13.3. The van der Waals surface area contributed by atoms with E-state index in [1.54, 1.807) is 17.2 Å². The maximum absolute atomic E-state index is 13.3. The first-order valence-electron chi connectivity index (χ1n) is 12.6. The van der Waals surface area contributed by atoms with Gasteiger partial charge in [-0.3, -0.25) is 14.2 Å². The Morgan fingerprint density at radius 1 is 0.780 bits per heavy atom. The van der Waals surface area contributed by atoms with E-state index in [4.69, 9.17) is 0 Å². The van der Waals surface area contributed by atoms with E-state index >= 15 is 0 Å². The molecule has 0 bridgehead atoms. The van der Waals surface area contributed by atoms with Crippen molar-refractivity contribution in [3.05, 3.63) is 77.9 Å². The molecule has 0 atom stereocenters. The number of nitrogens with one attached hydrogen (secondary N) is 2. The van der Waals surface area contributed by atoms with Gasteiger partial charge >= 0.3 is 6.18 Å². The average molecular weight is 628 g/mol. The van der Waals surface area contributed by atoms with E-state index in [-0.39, 0.29) is 27.1 Å². The lowest BCUT2D eigenvalue weighted by Crippen LogP contribution is -2.32. The lowest BCUT2D eigenvalue weighted by Gasteiger charge is -2.22. The minimum Gasteiger partial charge on any atom is -0.339 e. The van der Waals surface area contributed by atoms with Crippen molar-refractivity contribution in [1.82, 2.24) is 4.90 Å². The summed E-state index contributed by atoms with van der Waals surface area (Å²) in [6.45, 7) is 1.22. The van der Waals surface area contributed by atoms with Gasteiger partial charge in [0.15, 0.2) is 0 Å². The van der Waals surface area contributed by atoms with Crippen molar-refractivity contribution in [3.8, 4) is 0 Å². The van der Waals surface area contributed by atoms with Crippen molar-refractivity contribution in [3.63, 3.8) is 0 Å². The second-order valence-electron chi connectivity index (χ2n) is 9.38. The second kappa shape index (κ2) is 12.3. The molecule has 1 saturated heterocycles. The van der Waals surface area contributed by atoms with E-state index in [0.29, 0.717) is 29.6 Å². The van der Waals surface area contributed by atoms with Crippen LogP contribution in [0.15, 0.2) is 81.4 Å². The van der Waals surface area contributed by atoms with Gasteiger partial charge in [-0.25, -0.2) is 16.8 Å². The summed E-state index contributed by atoms with van der Waals surface area (Å²) >= 11 is 1.34. The third-order valence-electron chi connectivity index (χ3n) is 6.46. The van der Waals surface area contributed by atoms with E-state index < -0.39 is 31.8 Å². The molecule has 0 radical (unpaired) electrons. The van der Waals surface area contributed by atoms with E-state index in [1.165, 1.54) is 42.1 Å². The van der Waals surface area contributed by atoms with Crippen LogP contribution in [-0.2, 0) is 26.2 Å². The van der Waals surface area contributed by atoms with Gasteiger partial charge in [0.1, 0.15) is 0 Å². The fourth-order valence-corrected chi connectivity index (χ4v) is 7.06. The molecule has 8 nitrogen and oxygen atoms in total. The van der Waals surface area contributed by atoms with Gasteiger partial charge in [0.2, 0.25) is 0 Å². The highest BCUT2D eigenvalue weighted by atomic mass is 32.2. The van der Waals surface area contributed by atoms with Crippen LogP contribution < -0.4 is 9.44 Å². The van der Waals surface area contributed by atoms with Gasteiger partial charge < -0.3 is 4.90 Å². The molecule has 3 aromatic carbocycles. The summed E-state index contributed by atoms with van der Waals surface area (Å²) in [5.74, 6) is -0.226. The van der Waals surface area contributed by atoms with E-state index in [1.807, 2.05) is 0 Å². The van der Waals surface area contributed by atoms with Crippen LogP contribution in [0.25, 0.3) is 0 Å². The first kappa shape index (κ1) is 30.7. The number of sulfonamides is 2. The SMILES string of the molecule is CSc1ccc(S(=O)(=O)Nc2ccc(S(=O)(=O)Nc3cccc(C(F)(F)F)c3)cc2)cc1C(=O)N1CCCCCC1. The van der Waals surface area contributed by atoms with Gasteiger partial charge in [0.25, 0.3) is 26.0 Å². The molecule has 0 saturated carbocycles. The Morgan fingerprint density at radius 3 is 1.98 bits per heavy atom. The van der Waals surface area contributed by atoms with Crippen molar-refractivity contribution >= 4 is 49.1 Å². The highest BCUT2D eigenvalue weighted by molar-refractivity contribution is 7.98. The first-order valence-corrected chi connectivity index (χ1v) is 16.8. The van der Waals surface area contributed by atoms with Crippen LogP contribution >= 0.6 is 11.8 Å². The quantitative estimate of drug-likeness (QED) is 0.295. The van der Waals surface area contributed by atoms with Gasteiger partial charge in [0.05, 0.1) is 20.9 Å². The fourth-order valence-electron chi connectivity index (χ4n) is 4.35. The predicted octanol–water partition coefficient (Wildman–Crippen LogP) is 6.05. The van der Waals surface area contributed by atoms with Gasteiger partial charge in [-0.15, -0.1) is 11.8 Å². The molecule has 14 heteroatoms. The Bertz CT molecular complexity index is 1620. The topological polar surface area (TPSA) is 113 Å². The second-order valence-corrected chi connectivity index (χ2v) is 13.6. The van der Waals surface area contributed by atoms with Crippen LogP contribution in [0.1, 0.15) is 41.6 Å². The maximum Gasteiger partial charge on any atom is 0.416 e. The van der Waals surface area contributed by atoms with E-state index in [0.717, 1.165) is 49.9 Å². The molecule has 220 valence electrons. The van der Waals surface area contributed by atoms with Crippen LogP contribution in [-0.4, -0.2) is 47.0 Å². The molecule has 0 aromatic heterocycles. The Kier molecular flexibility index (Phi) is 9.24. The monoisotopic (exact) mass is 627 g/mol. The number of amides is 1. The highest BCUT2D eigenvalue weighted by Crippen LogP contribution is 2.32. The van der Waals surface area contributed by atoms with Crippen LogP contribution in [0.3, 0.4) is 0 Å². The Morgan fingerprint density at radius 2 is 1.37 bits per heavy atom. The largest absolute Gasteiger partial charge is 0.416 e. The summed E-state index contributed by atoms with van der Waals surface area (Å²) in [7, 11) is -8.41. The molecule has 2 N–H and O–H groups in total. The lowest BCUT2D eigenvalue weighted by atomic mass is 10.2. The molecule has 0 spiro atoms. The molecule has 3 aromatic rings. The van der Waals surface area contributed by atoms with Gasteiger partial charge in [-0.2, -0.15) is 13.2 Å². The minimum atomic E-state index is -4.64. The number of nitrogens with zero attached hydrogens (tertiary/aromatic N) is 1. The highest BCUT2D eigenvalue weighted by Gasteiger charge is 2.31. The van der Waals surface area contributed by atoms with Crippen LogP contribution in [0.5, 0.6) is 0 Å². The standard InChI is InChI=1S/C27H28F3N3O5S3/c1-39-25-14-13-23(18-24(25)26(34)33-15-4-2-3-5-16-33)41(37,38)31-20-9-11-22(12-10-20)40(35,36)32-21-8-6-7-19(17-21)27(28,29)30/h6-14,17-18,31-32H,2-5,15-16H2,1H3. The lowest BCUT2D eigenvalue weighted by molar-refractivity contribution is -0.137. The zero-order valence-corrected chi connectivity index (χ0v) is 24.4. The number of likely N-dealkylation sites (tertiary alicyclic amines) is 1. The van der Waals surface area contributed by atoms with Crippen molar-refractivity contribution in [1.29, 1.82) is 0 Å². The number of thioether (sulfide) groups is 1. The van der Waals surface area contributed by atoms with Gasteiger partial charge in [0, 0.05) is 29.4 Å². The summed E-state index contributed by atoms with van der Waals surface area (Å²) in [4.78, 5) is 15.3. The molecule has 0 aliphatic carbocycles. The van der Waals surface area contributed by atoms with Crippen molar-refractivity contribution in [2.45, 2.75) is 46.5 Å². The smallest absolute Gasteiger partial charge is 0.339 e. The van der Waals surface area contributed by atoms with Gasteiger partial charge in [-0.05, 0) is 79.8 Å². The molecule has 1 aliphatic heterocycles. The Labute approximate surface area is 241 Å². The Hall–Kier alpha value is -3.23. The molecule has 1 amide bonds. The number of alkyl halides is 3. The molecular formula is C27H28F3N3O5S3. The number of halogens is 3. The third-order valence-corrected chi connectivity index (χ3v) is 10.0. The van der Waals surface area contributed by atoms with Crippen molar-refractivity contribution in [2.75, 3.05) is 28.8 Å². The van der Waals surface area contributed by atoms with Crippen LogP contribution in [0.2, 0.25) is 0 Å². The third kappa shape index (κ3) is 7.54. The molecule has 4 rings (SSSR count). The number of carbonyl (C=O) groups excluding carboxylic acids is 1. The van der Waals surface area contributed by atoms with Gasteiger partial charge in [-0.1, -0.05) is 18.9 Å². The van der Waals surface area contributed by atoms with E-state index in [2.05, 4.69) is 9.44 Å². The first-order chi connectivity index (χ1) is 19.3. The number of anilines is 2. The summed E-state index contributed by atoms with van der Waals surface area (Å²) in [5, 5.41) is 0.